The molecular weight excluding hydrogens is 318 g/mol. The molecule has 0 atom stereocenters. The molecule has 0 unspecified atom stereocenters. The van der Waals surface area contributed by atoms with Gasteiger partial charge in [-0.05, 0) is 16.5 Å². The number of nitrogens with one attached hydrogen (secondary N) is 1. The second-order valence-corrected chi connectivity index (χ2v) is 4.37. The molecule has 1 N–H and O–H groups in total. The highest BCUT2D eigenvalue weighted by Gasteiger charge is 2.14. The third-order valence-corrected chi connectivity index (χ3v) is 2.89. The number of carbonyl (C=O) groups excluding carboxylic acids is 2. The SMILES string of the molecule is COC(=O)/C=C(/Nc1cc(OC)cc(-n2cnnn2)c1)C(=O)OC. The monoisotopic (exact) mass is 333 g/mol. The molecule has 0 aliphatic rings. The largest absolute Gasteiger partial charge is 0.497 e. The highest BCUT2D eigenvalue weighted by molar-refractivity contribution is 5.98. The van der Waals surface area contributed by atoms with Gasteiger partial charge in [0.1, 0.15) is 17.8 Å². The fourth-order valence-electron chi connectivity index (χ4n) is 1.77. The number of tetrazole rings is 1. The molecule has 10 nitrogen and oxygen atoms in total. The normalized spacial score (nSPS) is 10.9. The van der Waals surface area contributed by atoms with Crippen LogP contribution >= 0.6 is 0 Å². The van der Waals surface area contributed by atoms with Gasteiger partial charge in [0.2, 0.25) is 0 Å². The minimum absolute atomic E-state index is 0.0970. The van der Waals surface area contributed by atoms with Crippen LogP contribution in [0.3, 0.4) is 0 Å². The number of hydrogen-bond acceptors (Lipinski definition) is 9. The summed E-state index contributed by atoms with van der Waals surface area (Å²) in [7, 11) is 3.90. The van der Waals surface area contributed by atoms with E-state index in [4.69, 9.17) is 4.74 Å². The Labute approximate surface area is 137 Å². The first-order valence-electron chi connectivity index (χ1n) is 6.64. The number of carbonyl (C=O) groups is 2. The van der Waals surface area contributed by atoms with Crippen LogP contribution < -0.4 is 10.1 Å². The number of anilines is 1. The predicted octanol–water partition coefficient (Wildman–Crippen LogP) is 0.313. The van der Waals surface area contributed by atoms with Crippen LogP contribution in [0, 0.1) is 0 Å². The van der Waals surface area contributed by atoms with E-state index in [-0.39, 0.29) is 5.70 Å². The molecule has 0 saturated carbocycles. The minimum Gasteiger partial charge on any atom is -0.497 e. The fourth-order valence-corrected chi connectivity index (χ4v) is 1.77. The van der Waals surface area contributed by atoms with Crippen molar-refractivity contribution in [3.05, 3.63) is 36.3 Å². The van der Waals surface area contributed by atoms with Gasteiger partial charge in [-0.1, -0.05) is 0 Å². The smallest absolute Gasteiger partial charge is 0.354 e. The first-order chi connectivity index (χ1) is 11.6. The van der Waals surface area contributed by atoms with Crippen LogP contribution in [0.1, 0.15) is 0 Å². The number of rotatable bonds is 6. The average molecular weight is 333 g/mol. The molecule has 1 aromatic carbocycles. The lowest BCUT2D eigenvalue weighted by Crippen LogP contribution is -2.15. The number of benzene rings is 1. The number of aromatic nitrogens is 4. The van der Waals surface area contributed by atoms with Gasteiger partial charge in [-0.15, -0.1) is 5.10 Å². The van der Waals surface area contributed by atoms with E-state index >= 15 is 0 Å². The van der Waals surface area contributed by atoms with E-state index < -0.39 is 11.9 Å². The third kappa shape index (κ3) is 4.06. The van der Waals surface area contributed by atoms with Crippen molar-refractivity contribution >= 4 is 17.6 Å². The molecule has 1 aromatic heterocycles. The summed E-state index contributed by atoms with van der Waals surface area (Å²) in [4.78, 5) is 23.2. The molecule has 0 aliphatic heterocycles. The lowest BCUT2D eigenvalue weighted by molar-refractivity contribution is -0.138. The van der Waals surface area contributed by atoms with Crippen molar-refractivity contribution in [3.63, 3.8) is 0 Å². The quantitative estimate of drug-likeness (QED) is 0.588. The molecule has 0 bridgehead atoms. The van der Waals surface area contributed by atoms with Gasteiger partial charge in [0.15, 0.2) is 0 Å². The molecular formula is C14H15N5O5. The molecule has 10 heteroatoms. The van der Waals surface area contributed by atoms with Crippen molar-refractivity contribution in [2.45, 2.75) is 0 Å². The Hall–Kier alpha value is -3.43. The minimum atomic E-state index is -0.729. The van der Waals surface area contributed by atoms with E-state index in [1.807, 2.05) is 0 Å². The Kier molecular flexibility index (Phi) is 5.45. The average Bonchev–Trinajstić information content (AvgIpc) is 3.14. The van der Waals surface area contributed by atoms with Crippen LogP contribution in [-0.4, -0.2) is 53.5 Å². The molecule has 0 radical (unpaired) electrons. The standard InChI is InChI=1S/C14H15N5O5/c1-22-11-5-9(4-10(6-11)19-8-15-17-18-19)16-12(14(21)24-3)7-13(20)23-2/h4-8,16H,1-3H3/b12-7+. The van der Waals surface area contributed by atoms with Gasteiger partial charge in [-0.3, -0.25) is 0 Å². The summed E-state index contributed by atoms with van der Waals surface area (Å²) in [6.07, 6.45) is 2.39. The molecule has 0 spiro atoms. The summed E-state index contributed by atoms with van der Waals surface area (Å²) >= 11 is 0. The third-order valence-electron chi connectivity index (χ3n) is 2.89. The molecule has 0 amide bonds. The molecule has 126 valence electrons. The Morgan fingerprint density at radius 1 is 1.17 bits per heavy atom. The van der Waals surface area contributed by atoms with E-state index in [1.165, 1.54) is 32.3 Å². The molecule has 0 saturated heterocycles. The summed E-state index contributed by atoms with van der Waals surface area (Å²) in [5.41, 5.74) is 0.949. The number of ether oxygens (including phenoxy) is 3. The molecule has 24 heavy (non-hydrogen) atoms. The van der Waals surface area contributed by atoms with Crippen molar-refractivity contribution in [1.29, 1.82) is 0 Å². The van der Waals surface area contributed by atoms with Crippen LogP contribution in [0.5, 0.6) is 5.75 Å². The Bertz CT molecular complexity index is 757. The van der Waals surface area contributed by atoms with Gasteiger partial charge < -0.3 is 19.5 Å². The van der Waals surface area contributed by atoms with Gasteiger partial charge in [0, 0.05) is 17.8 Å². The summed E-state index contributed by atoms with van der Waals surface area (Å²) in [6.45, 7) is 0. The summed E-state index contributed by atoms with van der Waals surface area (Å²) in [5.74, 6) is -0.938. The van der Waals surface area contributed by atoms with Crippen molar-refractivity contribution < 1.29 is 23.8 Å². The van der Waals surface area contributed by atoms with Crippen LogP contribution in [0.4, 0.5) is 5.69 Å². The molecule has 1 heterocycles. The van der Waals surface area contributed by atoms with Crippen LogP contribution in [0.2, 0.25) is 0 Å². The number of nitrogens with zero attached hydrogens (tertiary/aromatic N) is 4. The molecule has 2 aromatic rings. The highest BCUT2D eigenvalue weighted by Crippen LogP contribution is 2.24. The van der Waals surface area contributed by atoms with E-state index in [2.05, 4.69) is 30.3 Å². The second-order valence-electron chi connectivity index (χ2n) is 4.37. The lowest BCUT2D eigenvalue weighted by Gasteiger charge is -2.12. The van der Waals surface area contributed by atoms with Gasteiger partial charge >= 0.3 is 11.9 Å². The molecule has 0 aliphatic carbocycles. The van der Waals surface area contributed by atoms with Gasteiger partial charge in [0.05, 0.1) is 33.1 Å². The van der Waals surface area contributed by atoms with Crippen molar-refractivity contribution in [2.75, 3.05) is 26.6 Å². The zero-order valence-electron chi connectivity index (χ0n) is 13.2. The maximum atomic E-state index is 11.8. The zero-order chi connectivity index (χ0) is 17.5. The second kappa shape index (κ2) is 7.72. The van der Waals surface area contributed by atoms with E-state index in [0.717, 1.165) is 6.08 Å². The maximum absolute atomic E-state index is 11.8. The first-order valence-corrected chi connectivity index (χ1v) is 6.64. The Balaban J connectivity index is 2.39. The summed E-state index contributed by atoms with van der Waals surface area (Å²) < 4.78 is 15.8. The zero-order valence-corrected chi connectivity index (χ0v) is 13.2. The van der Waals surface area contributed by atoms with Gasteiger partial charge in [-0.2, -0.15) is 0 Å². The summed E-state index contributed by atoms with van der Waals surface area (Å²) in [5, 5.41) is 13.7. The first kappa shape index (κ1) is 16.9. The van der Waals surface area contributed by atoms with E-state index in [0.29, 0.717) is 17.1 Å². The van der Waals surface area contributed by atoms with E-state index in [1.54, 1.807) is 18.2 Å². The Morgan fingerprint density at radius 2 is 1.96 bits per heavy atom. The topological polar surface area (TPSA) is 117 Å². The lowest BCUT2D eigenvalue weighted by atomic mass is 10.2. The Morgan fingerprint density at radius 3 is 2.54 bits per heavy atom. The van der Waals surface area contributed by atoms with Crippen molar-refractivity contribution in [1.82, 2.24) is 20.2 Å². The fraction of sp³-hybridized carbons (Fsp3) is 0.214. The maximum Gasteiger partial charge on any atom is 0.354 e. The number of methoxy groups -OCH3 is 3. The summed E-state index contributed by atoms with van der Waals surface area (Å²) in [6, 6.07) is 4.98. The highest BCUT2D eigenvalue weighted by atomic mass is 16.5. The van der Waals surface area contributed by atoms with Crippen molar-refractivity contribution in [3.8, 4) is 11.4 Å². The van der Waals surface area contributed by atoms with Gasteiger partial charge in [0.25, 0.3) is 0 Å². The van der Waals surface area contributed by atoms with Crippen molar-refractivity contribution in [2.24, 2.45) is 0 Å². The van der Waals surface area contributed by atoms with Gasteiger partial charge in [-0.25, -0.2) is 14.3 Å². The number of hydrogen-bond donors (Lipinski definition) is 1. The van der Waals surface area contributed by atoms with Crippen LogP contribution in [0.15, 0.2) is 36.3 Å². The van der Waals surface area contributed by atoms with Crippen LogP contribution in [0.25, 0.3) is 5.69 Å². The van der Waals surface area contributed by atoms with E-state index in [9.17, 15) is 9.59 Å². The molecule has 0 fully saturated rings. The number of esters is 2. The van der Waals surface area contributed by atoms with Crippen LogP contribution in [-0.2, 0) is 19.1 Å². The predicted molar refractivity (Wildman–Crippen MR) is 81.4 cm³/mol. The molecule has 2 rings (SSSR count).